The molecule has 0 aliphatic rings. The van der Waals surface area contributed by atoms with Gasteiger partial charge in [0.1, 0.15) is 5.75 Å². The second-order valence-electron chi connectivity index (χ2n) is 6.83. The van der Waals surface area contributed by atoms with Gasteiger partial charge >= 0.3 is 0 Å². The number of carbonyl (C=O) groups excluding carboxylic acids is 2. The van der Waals surface area contributed by atoms with Crippen LogP contribution in [0, 0.1) is 20.8 Å². The number of aryl methyl sites for hydroxylation is 3. The van der Waals surface area contributed by atoms with Gasteiger partial charge in [-0.15, -0.1) is 0 Å². The predicted octanol–water partition coefficient (Wildman–Crippen LogP) is 4.52. The highest BCUT2D eigenvalue weighted by Crippen LogP contribution is 2.26. The molecule has 0 atom stereocenters. The first-order valence-corrected chi connectivity index (χ1v) is 9.17. The maximum absolute atomic E-state index is 12.8. The number of nitrogens with zero attached hydrogens (tertiary/aromatic N) is 1. The number of ether oxygens (including phenoxy) is 1. The highest BCUT2D eigenvalue weighted by molar-refractivity contribution is 6.08. The van der Waals surface area contributed by atoms with Gasteiger partial charge in [0.2, 0.25) is 0 Å². The Morgan fingerprint density at radius 1 is 0.862 bits per heavy atom. The SMILES string of the molecule is COc1ccc(C)cc1NC(=O)c1ccc(C)c(NC(=O)c2cnccc2C)c1. The topological polar surface area (TPSA) is 80.3 Å². The molecule has 6 nitrogen and oxygen atoms in total. The Morgan fingerprint density at radius 2 is 1.62 bits per heavy atom. The van der Waals surface area contributed by atoms with Crippen LogP contribution in [0.1, 0.15) is 37.4 Å². The van der Waals surface area contributed by atoms with E-state index in [-0.39, 0.29) is 11.8 Å². The summed E-state index contributed by atoms with van der Waals surface area (Å²) in [6, 6.07) is 12.5. The van der Waals surface area contributed by atoms with Crippen molar-refractivity contribution in [1.82, 2.24) is 4.98 Å². The number of methoxy groups -OCH3 is 1. The summed E-state index contributed by atoms with van der Waals surface area (Å²) in [7, 11) is 1.56. The standard InChI is InChI=1S/C23H23N3O3/c1-14-5-8-21(29-4)20(11-14)26-22(27)17-7-6-16(3)19(12-17)25-23(28)18-13-24-10-9-15(18)2/h5-13H,1-4H3,(H,25,28)(H,26,27). The normalized spacial score (nSPS) is 10.3. The maximum atomic E-state index is 12.8. The lowest BCUT2D eigenvalue weighted by atomic mass is 10.1. The zero-order valence-corrected chi connectivity index (χ0v) is 16.9. The number of hydrogen-bond donors (Lipinski definition) is 2. The smallest absolute Gasteiger partial charge is 0.257 e. The van der Waals surface area contributed by atoms with Crippen LogP contribution in [0.2, 0.25) is 0 Å². The summed E-state index contributed by atoms with van der Waals surface area (Å²) in [4.78, 5) is 29.4. The molecule has 1 aromatic heterocycles. The summed E-state index contributed by atoms with van der Waals surface area (Å²) < 4.78 is 5.32. The Labute approximate surface area is 169 Å². The first-order valence-electron chi connectivity index (χ1n) is 9.17. The van der Waals surface area contributed by atoms with Crippen molar-refractivity contribution in [2.75, 3.05) is 17.7 Å². The Kier molecular flexibility index (Phi) is 5.93. The molecule has 0 unspecified atom stereocenters. The van der Waals surface area contributed by atoms with Gasteiger partial charge in [-0.25, -0.2) is 0 Å². The highest BCUT2D eigenvalue weighted by Gasteiger charge is 2.14. The predicted molar refractivity (Wildman–Crippen MR) is 114 cm³/mol. The van der Waals surface area contributed by atoms with E-state index in [1.165, 1.54) is 6.20 Å². The van der Waals surface area contributed by atoms with Crippen molar-refractivity contribution in [3.05, 3.63) is 82.7 Å². The first-order chi connectivity index (χ1) is 13.9. The quantitative estimate of drug-likeness (QED) is 0.672. The zero-order chi connectivity index (χ0) is 21.0. The lowest BCUT2D eigenvalue weighted by Gasteiger charge is -2.13. The molecule has 2 N–H and O–H groups in total. The third-order valence-electron chi connectivity index (χ3n) is 4.63. The molecule has 0 bridgehead atoms. The van der Waals surface area contributed by atoms with E-state index in [9.17, 15) is 9.59 Å². The summed E-state index contributed by atoms with van der Waals surface area (Å²) in [6.45, 7) is 5.66. The van der Waals surface area contributed by atoms with Crippen molar-refractivity contribution in [2.24, 2.45) is 0 Å². The lowest BCUT2D eigenvalue weighted by molar-refractivity contribution is 0.101. The maximum Gasteiger partial charge on any atom is 0.257 e. The molecule has 0 radical (unpaired) electrons. The summed E-state index contributed by atoms with van der Waals surface area (Å²) in [5.41, 5.74) is 4.77. The number of pyridine rings is 1. The monoisotopic (exact) mass is 389 g/mol. The van der Waals surface area contributed by atoms with Crippen LogP contribution < -0.4 is 15.4 Å². The number of anilines is 2. The van der Waals surface area contributed by atoms with Crippen molar-refractivity contribution in [2.45, 2.75) is 20.8 Å². The summed E-state index contributed by atoms with van der Waals surface area (Å²) in [6.07, 6.45) is 3.17. The van der Waals surface area contributed by atoms with Gasteiger partial charge in [-0.3, -0.25) is 14.6 Å². The van der Waals surface area contributed by atoms with Crippen LogP contribution in [0.15, 0.2) is 54.9 Å². The Bertz CT molecular complexity index is 1080. The molecule has 0 spiro atoms. The van der Waals surface area contributed by atoms with Crippen molar-refractivity contribution < 1.29 is 14.3 Å². The molecule has 0 saturated heterocycles. The minimum Gasteiger partial charge on any atom is -0.495 e. The molecule has 148 valence electrons. The Hall–Kier alpha value is -3.67. The van der Waals surface area contributed by atoms with Crippen LogP contribution in [0.4, 0.5) is 11.4 Å². The average molecular weight is 389 g/mol. The molecule has 0 saturated carbocycles. The van der Waals surface area contributed by atoms with Gasteiger partial charge in [0.25, 0.3) is 11.8 Å². The van der Waals surface area contributed by atoms with E-state index >= 15 is 0 Å². The molecular formula is C23H23N3O3. The van der Waals surface area contributed by atoms with Crippen molar-refractivity contribution in [3.63, 3.8) is 0 Å². The lowest BCUT2D eigenvalue weighted by Crippen LogP contribution is -2.16. The number of rotatable bonds is 5. The molecule has 3 aromatic rings. The van der Waals surface area contributed by atoms with Gasteiger partial charge in [0, 0.05) is 23.6 Å². The van der Waals surface area contributed by atoms with E-state index < -0.39 is 0 Å². The van der Waals surface area contributed by atoms with Crippen LogP contribution in [-0.2, 0) is 0 Å². The Balaban J connectivity index is 1.83. The van der Waals surface area contributed by atoms with E-state index in [1.54, 1.807) is 37.6 Å². The fourth-order valence-electron chi connectivity index (χ4n) is 2.90. The molecule has 2 aromatic carbocycles. The molecule has 0 aliphatic carbocycles. The molecule has 6 heteroatoms. The van der Waals surface area contributed by atoms with Crippen LogP contribution in [0.3, 0.4) is 0 Å². The van der Waals surface area contributed by atoms with E-state index in [2.05, 4.69) is 15.6 Å². The minimum absolute atomic E-state index is 0.267. The number of amides is 2. The van der Waals surface area contributed by atoms with Gasteiger partial charge in [-0.1, -0.05) is 12.1 Å². The van der Waals surface area contributed by atoms with E-state index in [4.69, 9.17) is 4.74 Å². The average Bonchev–Trinajstić information content (AvgIpc) is 2.70. The Morgan fingerprint density at radius 3 is 2.34 bits per heavy atom. The van der Waals surface area contributed by atoms with Crippen molar-refractivity contribution in [1.29, 1.82) is 0 Å². The molecule has 3 rings (SSSR count). The number of aromatic nitrogens is 1. The number of benzene rings is 2. The van der Waals surface area contributed by atoms with Crippen molar-refractivity contribution >= 4 is 23.2 Å². The van der Waals surface area contributed by atoms with Crippen LogP contribution in [0.25, 0.3) is 0 Å². The second-order valence-corrected chi connectivity index (χ2v) is 6.83. The molecule has 1 heterocycles. The van der Waals surface area contributed by atoms with Crippen LogP contribution >= 0.6 is 0 Å². The molecular weight excluding hydrogens is 366 g/mol. The van der Waals surface area contributed by atoms with E-state index in [1.807, 2.05) is 39.0 Å². The minimum atomic E-state index is -0.290. The third kappa shape index (κ3) is 4.60. The van der Waals surface area contributed by atoms with Crippen molar-refractivity contribution in [3.8, 4) is 5.75 Å². The van der Waals surface area contributed by atoms with Gasteiger partial charge in [-0.05, 0) is 67.8 Å². The molecule has 0 aliphatic heterocycles. The number of carbonyl (C=O) groups is 2. The highest BCUT2D eigenvalue weighted by atomic mass is 16.5. The molecule has 0 fully saturated rings. The largest absolute Gasteiger partial charge is 0.495 e. The van der Waals surface area contributed by atoms with Crippen LogP contribution in [0.5, 0.6) is 5.75 Å². The summed E-state index contributed by atoms with van der Waals surface area (Å²) in [5.74, 6) is 0.0233. The molecule has 29 heavy (non-hydrogen) atoms. The summed E-state index contributed by atoms with van der Waals surface area (Å²) in [5, 5.41) is 5.75. The second kappa shape index (κ2) is 8.56. The number of nitrogens with one attached hydrogen (secondary N) is 2. The van der Waals surface area contributed by atoms with Crippen LogP contribution in [-0.4, -0.2) is 23.9 Å². The summed E-state index contributed by atoms with van der Waals surface area (Å²) >= 11 is 0. The number of hydrogen-bond acceptors (Lipinski definition) is 4. The van der Waals surface area contributed by atoms with Gasteiger partial charge in [0.05, 0.1) is 18.4 Å². The molecule has 2 amide bonds. The van der Waals surface area contributed by atoms with E-state index in [0.29, 0.717) is 28.3 Å². The fraction of sp³-hybridized carbons (Fsp3) is 0.174. The van der Waals surface area contributed by atoms with Gasteiger partial charge < -0.3 is 15.4 Å². The first kappa shape index (κ1) is 20.1. The fourth-order valence-corrected chi connectivity index (χ4v) is 2.90. The third-order valence-corrected chi connectivity index (χ3v) is 4.63. The zero-order valence-electron chi connectivity index (χ0n) is 16.9. The van der Waals surface area contributed by atoms with E-state index in [0.717, 1.165) is 16.7 Å². The van der Waals surface area contributed by atoms with Gasteiger partial charge in [-0.2, -0.15) is 0 Å². The van der Waals surface area contributed by atoms with Gasteiger partial charge in [0.15, 0.2) is 0 Å².